The van der Waals surface area contributed by atoms with Gasteiger partial charge in [-0.25, -0.2) is 9.97 Å². The fourth-order valence-corrected chi connectivity index (χ4v) is 2.10. The van der Waals surface area contributed by atoms with Crippen molar-refractivity contribution in [1.29, 1.82) is 0 Å². The molecule has 5 heteroatoms. The fourth-order valence-electron chi connectivity index (χ4n) is 2.10. The minimum absolute atomic E-state index is 0.833. The molecule has 1 aromatic rings. The molecule has 2 N–H and O–H groups in total. The molecule has 0 aromatic carbocycles. The summed E-state index contributed by atoms with van der Waals surface area (Å²) in [4.78, 5) is 10.9. The molecule has 0 radical (unpaired) electrons. The molecule has 1 heterocycles. The van der Waals surface area contributed by atoms with Gasteiger partial charge < -0.3 is 10.6 Å². The second kappa shape index (κ2) is 6.54. The maximum atomic E-state index is 4.22. The van der Waals surface area contributed by atoms with Gasteiger partial charge in [-0.05, 0) is 26.3 Å². The van der Waals surface area contributed by atoms with Crippen molar-refractivity contribution in [2.24, 2.45) is 0 Å². The van der Waals surface area contributed by atoms with Gasteiger partial charge in [0, 0.05) is 31.7 Å². The molecule has 1 fully saturated rings. The van der Waals surface area contributed by atoms with E-state index in [-0.39, 0.29) is 0 Å². The molecule has 100 valence electrons. The second-order valence-corrected chi connectivity index (χ2v) is 4.61. The van der Waals surface area contributed by atoms with Crippen molar-refractivity contribution in [3.63, 3.8) is 0 Å². The quantitative estimate of drug-likeness (QED) is 0.736. The molecule has 0 amide bonds. The Hall–Kier alpha value is -1.36. The van der Waals surface area contributed by atoms with Gasteiger partial charge in [-0.3, -0.25) is 4.90 Å². The minimum Gasteiger partial charge on any atom is -0.370 e. The van der Waals surface area contributed by atoms with Crippen molar-refractivity contribution >= 4 is 11.6 Å². The molecule has 1 aromatic heterocycles. The van der Waals surface area contributed by atoms with Crippen molar-refractivity contribution in [2.75, 3.05) is 36.8 Å². The standard InChI is InChI=1S/C13H23N5/c1-3-14-12-9-13(17-10-16-12)15-7-8-18(4-2)11-5-6-11/h9-11H,3-8H2,1-2H3,(H2,14,15,16,17). The molecule has 18 heavy (non-hydrogen) atoms. The summed E-state index contributed by atoms with van der Waals surface area (Å²) < 4.78 is 0. The first-order valence-corrected chi connectivity index (χ1v) is 6.87. The van der Waals surface area contributed by atoms with Gasteiger partial charge in [-0.2, -0.15) is 0 Å². The largest absolute Gasteiger partial charge is 0.370 e. The summed E-state index contributed by atoms with van der Waals surface area (Å²) >= 11 is 0. The van der Waals surface area contributed by atoms with E-state index in [0.717, 1.165) is 43.9 Å². The van der Waals surface area contributed by atoms with Crippen LogP contribution in [-0.2, 0) is 0 Å². The molecule has 5 nitrogen and oxygen atoms in total. The van der Waals surface area contributed by atoms with Crippen LogP contribution in [0.4, 0.5) is 11.6 Å². The summed E-state index contributed by atoms with van der Waals surface area (Å²) in [6, 6.07) is 2.79. The predicted molar refractivity (Wildman–Crippen MR) is 75.0 cm³/mol. The number of anilines is 2. The Balaban J connectivity index is 1.76. The molecule has 2 rings (SSSR count). The smallest absolute Gasteiger partial charge is 0.131 e. The first-order chi connectivity index (χ1) is 8.83. The Morgan fingerprint density at radius 1 is 1.22 bits per heavy atom. The molecular weight excluding hydrogens is 226 g/mol. The number of aromatic nitrogens is 2. The molecule has 1 saturated carbocycles. The number of likely N-dealkylation sites (N-methyl/N-ethyl adjacent to an activating group) is 1. The molecule has 0 aliphatic heterocycles. The first-order valence-electron chi connectivity index (χ1n) is 6.87. The molecule has 1 aliphatic carbocycles. The van der Waals surface area contributed by atoms with Crippen molar-refractivity contribution in [2.45, 2.75) is 32.7 Å². The highest BCUT2D eigenvalue weighted by Gasteiger charge is 2.27. The van der Waals surface area contributed by atoms with Crippen LogP contribution in [-0.4, -0.2) is 47.1 Å². The average Bonchev–Trinajstić information content (AvgIpc) is 3.20. The highest BCUT2D eigenvalue weighted by Crippen LogP contribution is 2.25. The van der Waals surface area contributed by atoms with Gasteiger partial charge in [-0.15, -0.1) is 0 Å². The maximum Gasteiger partial charge on any atom is 0.131 e. The van der Waals surface area contributed by atoms with Crippen LogP contribution in [0.3, 0.4) is 0 Å². The molecular formula is C13H23N5. The molecule has 0 atom stereocenters. The van der Waals surface area contributed by atoms with E-state index in [0.29, 0.717) is 0 Å². The van der Waals surface area contributed by atoms with Crippen LogP contribution in [0.25, 0.3) is 0 Å². The topological polar surface area (TPSA) is 53.1 Å². The van der Waals surface area contributed by atoms with Gasteiger partial charge in [0.2, 0.25) is 0 Å². The van der Waals surface area contributed by atoms with Gasteiger partial charge in [-0.1, -0.05) is 6.92 Å². The predicted octanol–water partition coefficient (Wildman–Crippen LogP) is 1.80. The zero-order valence-electron chi connectivity index (χ0n) is 11.3. The van der Waals surface area contributed by atoms with E-state index >= 15 is 0 Å². The third kappa shape index (κ3) is 3.84. The van der Waals surface area contributed by atoms with Crippen LogP contribution in [0.1, 0.15) is 26.7 Å². The Morgan fingerprint density at radius 3 is 2.56 bits per heavy atom. The lowest BCUT2D eigenvalue weighted by Gasteiger charge is -2.19. The second-order valence-electron chi connectivity index (χ2n) is 4.61. The van der Waals surface area contributed by atoms with Crippen molar-refractivity contribution < 1.29 is 0 Å². The van der Waals surface area contributed by atoms with Crippen LogP contribution in [0.5, 0.6) is 0 Å². The lowest BCUT2D eigenvalue weighted by atomic mass is 10.4. The van der Waals surface area contributed by atoms with E-state index in [1.54, 1.807) is 6.33 Å². The van der Waals surface area contributed by atoms with E-state index in [1.165, 1.54) is 12.8 Å². The summed E-state index contributed by atoms with van der Waals surface area (Å²) in [5.41, 5.74) is 0. The summed E-state index contributed by atoms with van der Waals surface area (Å²) in [6.07, 6.45) is 4.33. The van der Waals surface area contributed by atoms with E-state index in [4.69, 9.17) is 0 Å². The normalized spacial score (nSPS) is 14.8. The first kappa shape index (κ1) is 13.1. The number of nitrogens with one attached hydrogen (secondary N) is 2. The molecule has 0 saturated heterocycles. The molecule has 0 unspecified atom stereocenters. The highest BCUT2D eigenvalue weighted by molar-refractivity contribution is 5.46. The molecule has 0 bridgehead atoms. The van der Waals surface area contributed by atoms with Crippen molar-refractivity contribution in [1.82, 2.24) is 14.9 Å². The Bertz CT molecular complexity index is 364. The van der Waals surface area contributed by atoms with Crippen molar-refractivity contribution in [3.8, 4) is 0 Å². The third-order valence-corrected chi connectivity index (χ3v) is 3.20. The van der Waals surface area contributed by atoms with Gasteiger partial charge in [0.05, 0.1) is 0 Å². The zero-order chi connectivity index (χ0) is 12.8. The number of nitrogens with zero attached hydrogens (tertiary/aromatic N) is 3. The number of hydrogen-bond donors (Lipinski definition) is 2. The van der Waals surface area contributed by atoms with Gasteiger partial charge in [0.1, 0.15) is 18.0 Å². The Morgan fingerprint density at radius 2 is 1.94 bits per heavy atom. The average molecular weight is 249 g/mol. The highest BCUT2D eigenvalue weighted by atomic mass is 15.2. The summed E-state index contributed by atoms with van der Waals surface area (Å²) in [6.45, 7) is 8.32. The fraction of sp³-hybridized carbons (Fsp3) is 0.692. The Kier molecular flexibility index (Phi) is 4.75. The maximum absolute atomic E-state index is 4.22. The van der Waals surface area contributed by atoms with Gasteiger partial charge in [0.15, 0.2) is 0 Å². The monoisotopic (exact) mass is 249 g/mol. The number of rotatable bonds is 8. The van der Waals surface area contributed by atoms with E-state index in [2.05, 4.69) is 39.3 Å². The van der Waals surface area contributed by atoms with Crippen LogP contribution >= 0.6 is 0 Å². The summed E-state index contributed by atoms with van der Waals surface area (Å²) in [5.74, 6) is 1.78. The van der Waals surface area contributed by atoms with E-state index < -0.39 is 0 Å². The Labute approximate surface area is 109 Å². The minimum atomic E-state index is 0.833. The SMILES string of the molecule is CCNc1cc(NCCN(CC)C2CC2)ncn1. The van der Waals surface area contributed by atoms with Gasteiger partial charge in [0.25, 0.3) is 0 Å². The van der Waals surface area contributed by atoms with Crippen molar-refractivity contribution in [3.05, 3.63) is 12.4 Å². The van der Waals surface area contributed by atoms with E-state index in [9.17, 15) is 0 Å². The van der Waals surface area contributed by atoms with Gasteiger partial charge >= 0.3 is 0 Å². The van der Waals surface area contributed by atoms with Crippen LogP contribution in [0, 0.1) is 0 Å². The number of hydrogen-bond acceptors (Lipinski definition) is 5. The van der Waals surface area contributed by atoms with Crippen LogP contribution < -0.4 is 10.6 Å². The summed E-state index contributed by atoms with van der Waals surface area (Å²) in [5, 5.41) is 6.54. The zero-order valence-corrected chi connectivity index (χ0v) is 11.3. The third-order valence-electron chi connectivity index (χ3n) is 3.20. The van der Waals surface area contributed by atoms with E-state index in [1.807, 2.05) is 6.07 Å². The summed E-state index contributed by atoms with van der Waals surface area (Å²) in [7, 11) is 0. The van der Waals surface area contributed by atoms with Crippen LogP contribution in [0.15, 0.2) is 12.4 Å². The lowest BCUT2D eigenvalue weighted by molar-refractivity contribution is 0.289. The van der Waals surface area contributed by atoms with Crippen LogP contribution in [0.2, 0.25) is 0 Å². The molecule has 0 spiro atoms. The molecule has 1 aliphatic rings. The lowest BCUT2D eigenvalue weighted by Crippen LogP contribution is -2.31.